The Morgan fingerprint density at radius 3 is 2.43 bits per heavy atom. The van der Waals surface area contributed by atoms with Crippen LogP contribution in [0, 0.1) is 11.8 Å². The van der Waals surface area contributed by atoms with E-state index in [0.717, 1.165) is 5.56 Å². The van der Waals surface area contributed by atoms with E-state index in [4.69, 9.17) is 4.74 Å². The molecule has 1 N–H and O–H groups in total. The minimum Gasteiger partial charge on any atom is -0.465 e. The van der Waals surface area contributed by atoms with Crippen LogP contribution in [0.3, 0.4) is 0 Å². The van der Waals surface area contributed by atoms with Gasteiger partial charge < -0.3 is 14.6 Å². The minimum absolute atomic E-state index is 0.0456. The number of carbonyl (C=O) groups excluding carboxylic acids is 1. The van der Waals surface area contributed by atoms with Crippen LogP contribution < -0.4 is 0 Å². The first-order chi connectivity index (χ1) is 9.90. The highest BCUT2D eigenvalue weighted by Gasteiger charge is 2.22. The van der Waals surface area contributed by atoms with Crippen LogP contribution in [0.2, 0.25) is 0 Å². The molecule has 1 unspecified atom stereocenters. The first-order valence-corrected chi connectivity index (χ1v) is 6.95. The molecule has 0 aliphatic carbocycles. The van der Waals surface area contributed by atoms with Gasteiger partial charge in [-0.1, -0.05) is 18.8 Å². The Bertz CT molecular complexity index is 522. The number of methoxy groups -OCH3 is 1. The first kappa shape index (κ1) is 17.2. The van der Waals surface area contributed by atoms with Crippen molar-refractivity contribution < 1.29 is 19.4 Å². The molecule has 4 heteroatoms. The summed E-state index contributed by atoms with van der Waals surface area (Å²) in [6, 6.07) is 6.73. The molecule has 21 heavy (non-hydrogen) atoms. The third-order valence-electron chi connectivity index (χ3n) is 2.99. The molecule has 0 aromatic heterocycles. The lowest BCUT2D eigenvalue weighted by Crippen LogP contribution is -2.33. The zero-order valence-electron chi connectivity index (χ0n) is 13.0. The van der Waals surface area contributed by atoms with E-state index in [2.05, 4.69) is 16.6 Å². The number of carbonyl (C=O) groups is 1. The fourth-order valence-corrected chi connectivity index (χ4v) is 1.53. The minimum atomic E-state index is -1.16. The number of ether oxygens (including phenoxy) is 2. The van der Waals surface area contributed by atoms with E-state index in [1.807, 2.05) is 20.8 Å². The van der Waals surface area contributed by atoms with E-state index in [0.29, 0.717) is 12.0 Å². The van der Waals surface area contributed by atoms with E-state index in [1.54, 1.807) is 24.3 Å². The van der Waals surface area contributed by atoms with Crippen LogP contribution in [0.15, 0.2) is 24.3 Å². The van der Waals surface area contributed by atoms with Gasteiger partial charge in [0.2, 0.25) is 0 Å². The Morgan fingerprint density at radius 1 is 1.33 bits per heavy atom. The summed E-state index contributed by atoms with van der Waals surface area (Å²) in [5, 5.41) is 10.3. The molecule has 0 saturated heterocycles. The van der Waals surface area contributed by atoms with Crippen LogP contribution in [-0.2, 0) is 9.47 Å². The van der Waals surface area contributed by atoms with Gasteiger partial charge in [0.05, 0.1) is 25.4 Å². The predicted octanol–water partition coefficient (Wildman–Crippen LogP) is 2.39. The van der Waals surface area contributed by atoms with E-state index >= 15 is 0 Å². The molecule has 0 amide bonds. The van der Waals surface area contributed by atoms with Gasteiger partial charge in [0.1, 0.15) is 5.60 Å². The predicted molar refractivity (Wildman–Crippen MR) is 81.0 cm³/mol. The molecular weight excluding hydrogens is 268 g/mol. The summed E-state index contributed by atoms with van der Waals surface area (Å²) in [7, 11) is 1.34. The van der Waals surface area contributed by atoms with Crippen molar-refractivity contribution in [3.63, 3.8) is 0 Å². The SMILES string of the molecule is CCC(O)(C#Cc1ccc(C(=O)OC)cc1)COC(C)C. The zero-order chi connectivity index (χ0) is 15.9. The van der Waals surface area contributed by atoms with Gasteiger partial charge >= 0.3 is 5.97 Å². The summed E-state index contributed by atoms with van der Waals surface area (Å²) in [6.45, 7) is 5.86. The van der Waals surface area contributed by atoms with Gasteiger partial charge in [-0.2, -0.15) is 0 Å². The Morgan fingerprint density at radius 2 is 1.95 bits per heavy atom. The maximum atomic E-state index is 11.3. The van der Waals surface area contributed by atoms with Crippen LogP contribution >= 0.6 is 0 Å². The first-order valence-electron chi connectivity index (χ1n) is 6.95. The van der Waals surface area contributed by atoms with Gasteiger partial charge in [-0.15, -0.1) is 0 Å². The van der Waals surface area contributed by atoms with Crippen LogP contribution in [0.5, 0.6) is 0 Å². The lowest BCUT2D eigenvalue weighted by molar-refractivity contribution is -0.0322. The molecule has 1 atom stereocenters. The van der Waals surface area contributed by atoms with Crippen molar-refractivity contribution in [1.29, 1.82) is 0 Å². The van der Waals surface area contributed by atoms with Crippen molar-refractivity contribution in [3.05, 3.63) is 35.4 Å². The lowest BCUT2D eigenvalue weighted by Gasteiger charge is -2.21. The normalized spacial score (nSPS) is 13.2. The van der Waals surface area contributed by atoms with Crippen molar-refractivity contribution in [2.24, 2.45) is 0 Å². The molecule has 0 aliphatic rings. The smallest absolute Gasteiger partial charge is 0.337 e. The molecule has 0 fully saturated rings. The maximum Gasteiger partial charge on any atom is 0.337 e. The number of hydrogen-bond acceptors (Lipinski definition) is 4. The number of esters is 1. The molecule has 114 valence electrons. The standard InChI is InChI=1S/C17H22O4/c1-5-17(19,12-21-13(2)3)11-10-14-6-8-15(9-7-14)16(18)20-4/h6-9,13,19H,5,12H2,1-4H3. The molecule has 0 heterocycles. The number of aliphatic hydroxyl groups is 1. The highest BCUT2D eigenvalue weighted by Crippen LogP contribution is 2.11. The molecule has 0 spiro atoms. The van der Waals surface area contributed by atoms with E-state index < -0.39 is 5.60 Å². The summed E-state index contributed by atoms with van der Waals surface area (Å²) in [5.74, 6) is 5.37. The summed E-state index contributed by atoms with van der Waals surface area (Å²) < 4.78 is 10.1. The van der Waals surface area contributed by atoms with Crippen molar-refractivity contribution in [1.82, 2.24) is 0 Å². The number of benzene rings is 1. The number of hydrogen-bond donors (Lipinski definition) is 1. The topological polar surface area (TPSA) is 55.8 Å². The average Bonchev–Trinajstić information content (AvgIpc) is 2.50. The van der Waals surface area contributed by atoms with Crippen LogP contribution in [-0.4, -0.2) is 36.5 Å². The Hall–Kier alpha value is -1.83. The monoisotopic (exact) mass is 290 g/mol. The van der Waals surface area contributed by atoms with Gasteiger partial charge in [-0.3, -0.25) is 0 Å². The highest BCUT2D eigenvalue weighted by atomic mass is 16.5. The third-order valence-corrected chi connectivity index (χ3v) is 2.99. The third kappa shape index (κ3) is 5.58. The average molecular weight is 290 g/mol. The van der Waals surface area contributed by atoms with Gasteiger partial charge in [0.15, 0.2) is 0 Å². The molecule has 0 radical (unpaired) electrons. The molecule has 0 saturated carbocycles. The molecule has 0 bridgehead atoms. The Kier molecular flexibility index (Phi) is 6.41. The second-order valence-electron chi connectivity index (χ2n) is 5.06. The van der Waals surface area contributed by atoms with E-state index in [-0.39, 0.29) is 18.7 Å². The van der Waals surface area contributed by atoms with Gasteiger partial charge in [0.25, 0.3) is 0 Å². The maximum absolute atomic E-state index is 11.3. The fraction of sp³-hybridized carbons (Fsp3) is 0.471. The van der Waals surface area contributed by atoms with Crippen molar-refractivity contribution in [2.45, 2.75) is 38.9 Å². The lowest BCUT2D eigenvalue weighted by atomic mass is 10.0. The van der Waals surface area contributed by atoms with Crippen LogP contribution in [0.1, 0.15) is 43.1 Å². The summed E-state index contributed by atoms with van der Waals surface area (Å²) in [5.41, 5.74) is 0.0293. The molecule has 1 aromatic carbocycles. The summed E-state index contributed by atoms with van der Waals surface area (Å²) in [6.07, 6.45) is 0.525. The summed E-state index contributed by atoms with van der Waals surface area (Å²) in [4.78, 5) is 11.3. The van der Waals surface area contributed by atoms with E-state index in [1.165, 1.54) is 7.11 Å². The molecule has 0 aliphatic heterocycles. The number of rotatable bonds is 5. The van der Waals surface area contributed by atoms with Crippen molar-refractivity contribution >= 4 is 5.97 Å². The van der Waals surface area contributed by atoms with Crippen molar-refractivity contribution in [3.8, 4) is 11.8 Å². The molecule has 1 rings (SSSR count). The second kappa shape index (κ2) is 7.82. The Labute approximate surface area is 126 Å². The van der Waals surface area contributed by atoms with Gasteiger partial charge in [-0.05, 0) is 44.5 Å². The van der Waals surface area contributed by atoms with Crippen LogP contribution in [0.4, 0.5) is 0 Å². The zero-order valence-corrected chi connectivity index (χ0v) is 13.0. The van der Waals surface area contributed by atoms with Crippen LogP contribution in [0.25, 0.3) is 0 Å². The summed E-state index contributed by atoms with van der Waals surface area (Å²) >= 11 is 0. The van der Waals surface area contributed by atoms with Gasteiger partial charge in [0, 0.05) is 5.56 Å². The van der Waals surface area contributed by atoms with E-state index in [9.17, 15) is 9.90 Å². The van der Waals surface area contributed by atoms with Crippen molar-refractivity contribution in [2.75, 3.05) is 13.7 Å². The molecule has 1 aromatic rings. The second-order valence-corrected chi connectivity index (χ2v) is 5.06. The van der Waals surface area contributed by atoms with Gasteiger partial charge in [-0.25, -0.2) is 4.79 Å². The fourth-order valence-electron chi connectivity index (χ4n) is 1.53. The highest BCUT2D eigenvalue weighted by molar-refractivity contribution is 5.89. The Balaban J connectivity index is 2.81. The quantitative estimate of drug-likeness (QED) is 0.668. The molecular formula is C17H22O4. The molecule has 4 nitrogen and oxygen atoms in total. The largest absolute Gasteiger partial charge is 0.465 e.